The van der Waals surface area contributed by atoms with Crippen molar-refractivity contribution in [3.05, 3.63) is 79.9 Å². The van der Waals surface area contributed by atoms with Crippen LogP contribution in [0.1, 0.15) is 17.7 Å². The highest BCUT2D eigenvalue weighted by Crippen LogP contribution is 2.22. The van der Waals surface area contributed by atoms with Gasteiger partial charge in [0, 0.05) is 33.4 Å². The van der Waals surface area contributed by atoms with Crippen molar-refractivity contribution in [1.82, 2.24) is 9.78 Å². The average Bonchev–Trinajstić information content (AvgIpc) is 2.87. The molecule has 0 aliphatic rings. The van der Waals surface area contributed by atoms with Gasteiger partial charge in [-0.25, -0.2) is 9.07 Å². The van der Waals surface area contributed by atoms with Crippen LogP contribution in [0.2, 0.25) is 10.0 Å². The summed E-state index contributed by atoms with van der Waals surface area (Å²) in [6.45, 7) is 1.76. The van der Waals surface area contributed by atoms with Crippen LogP contribution in [0, 0.1) is 12.7 Å². The van der Waals surface area contributed by atoms with Gasteiger partial charge in [0.05, 0.1) is 5.69 Å². The number of halogens is 3. The molecule has 0 spiro atoms. The molecule has 0 unspecified atom stereocenters. The molecule has 140 valence electrons. The Kier molecular flexibility index (Phi) is 5.68. The molecule has 0 saturated heterocycles. The highest BCUT2D eigenvalue weighted by Gasteiger charge is 2.14. The molecule has 3 aromatic rings. The Bertz CT molecular complexity index is 1020. The number of nitrogens with one attached hydrogen (secondary N) is 2. The zero-order chi connectivity index (χ0) is 19.6. The normalized spacial score (nSPS) is 10.8. The van der Waals surface area contributed by atoms with Crippen molar-refractivity contribution in [2.75, 3.05) is 5.32 Å². The Morgan fingerprint density at radius 1 is 1.15 bits per heavy atom. The molecule has 2 aromatic carbocycles. The quantitative estimate of drug-likeness (QED) is 0.653. The summed E-state index contributed by atoms with van der Waals surface area (Å²) in [5, 5.41) is 6.50. The topological polar surface area (TPSA) is 66.9 Å². The number of hydrogen-bond donors (Lipinski definition) is 2. The van der Waals surface area contributed by atoms with Gasteiger partial charge in [0.15, 0.2) is 0 Å². The molecule has 8 heteroatoms. The molecule has 5 nitrogen and oxygen atoms in total. The van der Waals surface area contributed by atoms with Crippen LogP contribution in [0.4, 0.5) is 10.1 Å². The summed E-state index contributed by atoms with van der Waals surface area (Å²) in [4.78, 5) is 24.8. The third-order valence-electron chi connectivity index (χ3n) is 4.03. The fraction of sp³-hybridized carbons (Fsp3) is 0.158. The number of aromatic nitrogens is 2. The SMILES string of the molecule is Cc1[nH]n(-c2ccc(F)cc2)c(=O)c1CCC(=O)Nc1cc(Cl)cc(Cl)c1. The molecule has 0 atom stereocenters. The van der Waals surface area contributed by atoms with Gasteiger partial charge in [-0.15, -0.1) is 0 Å². The first-order chi connectivity index (χ1) is 12.8. The molecule has 0 bridgehead atoms. The first-order valence-corrected chi connectivity index (χ1v) is 8.91. The van der Waals surface area contributed by atoms with Crippen LogP contribution in [0.25, 0.3) is 5.69 Å². The maximum atomic E-state index is 13.1. The van der Waals surface area contributed by atoms with Crippen molar-refractivity contribution in [2.45, 2.75) is 19.8 Å². The van der Waals surface area contributed by atoms with Crippen LogP contribution in [0.15, 0.2) is 47.3 Å². The molecule has 1 aromatic heterocycles. The van der Waals surface area contributed by atoms with Crippen LogP contribution < -0.4 is 10.9 Å². The van der Waals surface area contributed by atoms with Gasteiger partial charge in [-0.3, -0.25) is 14.7 Å². The molecule has 2 N–H and O–H groups in total. The number of rotatable bonds is 5. The van der Waals surface area contributed by atoms with Gasteiger partial charge in [0.25, 0.3) is 5.56 Å². The summed E-state index contributed by atoms with van der Waals surface area (Å²) in [5.74, 6) is -0.644. The molecule has 1 amide bonds. The molecule has 0 aliphatic carbocycles. The predicted molar refractivity (Wildman–Crippen MR) is 104 cm³/mol. The second-order valence-corrected chi connectivity index (χ2v) is 6.91. The smallest absolute Gasteiger partial charge is 0.274 e. The Balaban J connectivity index is 1.71. The third-order valence-corrected chi connectivity index (χ3v) is 4.46. The van der Waals surface area contributed by atoms with E-state index < -0.39 is 0 Å². The number of H-pyrrole nitrogens is 1. The molecular weight excluding hydrogens is 392 g/mol. The Labute approximate surface area is 164 Å². The molecule has 0 radical (unpaired) electrons. The molecule has 0 saturated carbocycles. The summed E-state index contributed by atoms with van der Waals surface area (Å²) in [6.07, 6.45) is 0.372. The van der Waals surface area contributed by atoms with Gasteiger partial charge in [-0.1, -0.05) is 23.2 Å². The maximum Gasteiger partial charge on any atom is 0.274 e. The van der Waals surface area contributed by atoms with Crippen molar-refractivity contribution in [2.24, 2.45) is 0 Å². The van der Waals surface area contributed by atoms with E-state index >= 15 is 0 Å². The lowest BCUT2D eigenvalue weighted by Gasteiger charge is -2.06. The number of anilines is 1. The molecule has 1 heterocycles. The lowest BCUT2D eigenvalue weighted by Crippen LogP contribution is -2.19. The van der Waals surface area contributed by atoms with Crippen LogP contribution in [-0.2, 0) is 11.2 Å². The fourth-order valence-electron chi connectivity index (χ4n) is 2.74. The van der Waals surface area contributed by atoms with Gasteiger partial charge in [0.1, 0.15) is 5.82 Å². The number of carbonyl (C=O) groups excluding carboxylic acids is 1. The number of hydrogen-bond acceptors (Lipinski definition) is 2. The van der Waals surface area contributed by atoms with E-state index in [2.05, 4.69) is 10.4 Å². The lowest BCUT2D eigenvalue weighted by atomic mass is 10.1. The minimum atomic E-state index is -0.381. The van der Waals surface area contributed by atoms with Crippen LogP contribution in [-0.4, -0.2) is 15.7 Å². The first kappa shape index (κ1) is 19.2. The third kappa shape index (κ3) is 4.59. The van der Waals surface area contributed by atoms with Crippen molar-refractivity contribution in [1.29, 1.82) is 0 Å². The summed E-state index contributed by atoms with van der Waals surface area (Å²) in [5.41, 5.74) is 1.90. The van der Waals surface area contributed by atoms with Crippen molar-refractivity contribution in [3.63, 3.8) is 0 Å². The van der Waals surface area contributed by atoms with Crippen molar-refractivity contribution >= 4 is 34.8 Å². The van der Waals surface area contributed by atoms with Crippen LogP contribution >= 0.6 is 23.2 Å². The van der Waals surface area contributed by atoms with Crippen LogP contribution in [0.5, 0.6) is 0 Å². The molecule has 0 aliphatic heterocycles. The van der Waals surface area contributed by atoms with E-state index in [1.165, 1.54) is 28.9 Å². The molecule has 3 rings (SSSR count). The van der Waals surface area contributed by atoms with Gasteiger partial charge in [-0.2, -0.15) is 0 Å². The van der Waals surface area contributed by atoms with E-state index in [0.29, 0.717) is 32.7 Å². The monoisotopic (exact) mass is 407 g/mol. The number of aromatic amines is 1. The van der Waals surface area contributed by atoms with Gasteiger partial charge >= 0.3 is 0 Å². The summed E-state index contributed by atoms with van der Waals surface area (Å²) < 4.78 is 14.4. The van der Waals surface area contributed by atoms with E-state index in [-0.39, 0.29) is 30.1 Å². The lowest BCUT2D eigenvalue weighted by molar-refractivity contribution is -0.116. The minimum absolute atomic E-state index is 0.113. The summed E-state index contributed by atoms with van der Waals surface area (Å²) in [7, 11) is 0. The number of benzene rings is 2. The average molecular weight is 408 g/mol. The van der Waals surface area contributed by atoms with Gasteiger partial charge in [-0.05, 0) is 55.8 Å². The second kappa shape index (κ2) is 7.98. The van der Waals surface area contributed by atoms with E-state index in [4.69, 9.17) is 23.2 Å². The molecule has 0 fully saturated rings. The van der Waals surface area contributed by atoms with Gasteiger partial charge in [0.2, 0.25) is 5.91 Å². The van der Waals surface area contributed by atoms with Crippen LogP contribution in [0.3, 0.4) is 0 Å². The highest BCUT2D eigenvalue weighted by atomic mass is 35.5. The minimum Gasteiger partial charge on any atom is -0.326 e. The number of aryl methyl sites for hydroxylation is 1. The van der Waals surface area contributed by atoms with Crippen molar-refractivity contribution < 1.29 is 9.18 Å². The Hall–Kier alpha value is -2.57. The fourth-order valence-corrected chi connectivity index (χ4v) is 3.26. The Morgan fingerprint density at radius 2 is 1.78 bits per heavy atom. The zero-order valence-corrected chi connectivity index (χ0v) is 15.9. The van der Waals surface area contributed by atoms with E-state index in [1.54, 1.807) is 25.1 Å². The number of amides is 1. The maximum absolute atomic E-state index is 13.1. The number of carbonyl (C=O) groups is 1. The standard InChI is InChI=1S/C19H16Cl2FN3O2/c1-11-17(19(27)25(24-11)16-4-2-14(22)3-5-16)6-7-18(26)23-15-9-12(20)8-13(21)10-15/h2-5,8-10,24H,6-7H2,1H3,(H,23,26). The summed E-state index contributed by atoms with van der Waals surface area (Å²) in [6, 6.07) is 10.3. The van der Waals surface area contributed by atoms with Crippen molar-refractivity contribution in [3.8, 4) is 5.69 Å². The van der Waals surface area contributed by atoms with Gasteiger partial charge < -0.3 is 5.32 Å². The zero-order valence-electron chi connectivity index (χ0n) is 14.4. The summed E-state index contributed by atoms with van der Waals surface area (Å²) >= 11 is 11.8. The second-order valence-electron chi connectivity index (χ2n) is 6.04. The molecular formula is C19H16Cl2FN3O2. The molecule has 27 heavy (non-hydrogen) atoms. The largest absolute Gasteiger partial charge is 0.326 e. The predicted octanol–water partition coefficient (Wildman–Crippen LogP) is 4.49. The highest BCUT2D eigenvalue weighted by molar-refractivity contribution is 6.35. The van der Waals surface area contributed by atoms with E-state index in [9.17, 15) is 14.0 Å². The number of nitrogens with zero attached hydrogens (tertiary/aromatic N) is 1. The first-order valence-electron chi connectivity index (χ1n) is 8.16. The Morgan fingerprint density at radius 3 is 2.41 bits per heavy atom. The van der Waals surface area contributed by atoms with E-state index in [1.807, 2.05) is 0 Å². The van der Waals surface area contributed by atoms with E-state index in [0.717, 1.165) is 0 Å².